The fourth-order valence-corrected chi connectivity index (χ4v) is 4.20. The number of hydrogen-bond donors (Lipinski definition) is 1. The second-order valence-electron chi connectivity index (χ2n) is 7.33. The van der Waals surface area contributed by atoms with Crippen molar-refractivity contribution >= 4 is 40.7 Å². The van der Waals surface area contributed by atoms with Crippen LogP contribution in [0.5, 0.6) is 11.5 Å². The van der Waals surface area contributed by atoms with Gasteiger partial charge in [0.2, 0.25) is 5.91 Å². The number of rotatable bonds is 11. The van der Waals surface area contributed by atoms with Crippen molar-refractivity contribution in [2.24, 2.45) is 0 Å². The van der Waals surface area contributed by atoms with Crippen LogP contribution in [-0.2, 0) is 17.9 Å². The standard InChI is InChI=1S/C23H27Cl3N2O3/c1-2-30-21-12-16(14-27-9-5-11-28-10-4-8-23(28)29)20(26)13-22(21)31-15-17-18(24)6-3-7-19(17)25/h3,6-7,12-13,27H,2,4-5,8-11,14-15H2,1H3. The fraction of sp³-hybridized carbons (Fsp3) is 0.435. The molecule has 8 heteroatoms. The van der Waals surface area contributed by atoms with E-state index in [0.717, 1.165) is 38.0 Å². The van der Waals surface area contributed by atoms with Crippen molar-refractivity contribution in [1.82, 2.24) is 10.2 Å². The smallest absolute Gasteiger partial charge is 0.222 e. The van der Waals surface area contributed by atoms with Gasteiger partial charge in [-0.05, 0) is 50.1 Å². The molecule has 0 aliphatic carbocycles. The maximum atomic E-state index is 11.7. The first kappa shape index (κ1) is 24.0. The summed E-state index contributed by atoms with van der Waals surface area (Å²) in [4.78, 5) is 13.6. The van der Waals surface area contributed by atoms with Crippen molar-refractivity contribution in [2.45, 2.75) is 39.3 Å². The van der Waals surface area contributed by atoms with Gasteiger partial charge < -0.3 is 19.7 Å². The zero-order valence-electron chi connectivity index (χ0n) is 17.6. The molecule has 3 rings (SSSR count). The third kappa shape index (κ3) is 6.66. The molecule has 2 aromatic carbocycles. The van der Waals surface area contributed by atoms with E-state index in [1.807, 2.05) is 17.9 Å². The second kappa shape index (κ2) is 11.8. The Hall–Kier alpha value is -1.66. The predicted molar refractivity (Wildman–Crippen MR) is 126 cm³/mol. The molecule has 0 aromatic heterocycles. The molecule has 1 heterocycles. The first-order valence-electron chi connectivity index (χ1n) is 10.5. The maximum absolute atomic E-state index is 11.7. The Bertz CT molecular complexity index is 888. The molecule has 1 fully saturated rings. The zero-order valence-corrected chi connectivity index (χ0v) is 19.8. The van der Waals surface area contributed by atoms with Crippen LogP contribution in [0.3, 0.4) is 0 Å². The molecule has 1 aliphatic heterocycles. The summed E-state index contributed by atoms with van der Waals surface area (Å²) in [5, 5.41) is 5.08. The van der Waals surface area contributed by atoms with Crippen LogP contribution in [0.15, 0.2) is 30.3 Å². The van der Waals surface area contributed by atoms with E-state index in [2.05, 4.69) is 5.32 Å². The van der Waals surface area contributed by atoms with E-state index in [-0.39, 0.29) is 12.5 Å². The molecule has 5 nitrogen and oxygen atoms in total. The Balaban J connectivity index is 1.58. The largest absolute Gasteiger partial charge is 0.490 e. The SMILES string of the molecule is CCOc1cc(CNCCCN2CCCC2=O)c(Cl)cc1OCc1c(Cl)cccc1Cl. The molecule has 0 spiro atoms. The van der Waals surface area contributed by atoms with Crippen LogP contribution in [0, 0.1) is 0 Å². The van der Waals surface area contributed by atoms with Gasteiger partial charge >= 0.3 is 0 Å². The number of halogens is 3. The highest BCUT2D eigenvalue weighted by Crippen LogP contribution is 2.35. The molecule has 2 aromatic rings. The number of ether oxygens (including phenoxy) is 2. The number of carbonyl (C=O) groups is 1. The molecular weight excluding hydrogens is 459 g/mol. The van der Waals surface area contributed by atoms with Gasteiger partial charge in [-0.2, -0.15) is 0 Å². The topological polar surface area (TPSA) is 50.8 Å². The quantitative estimate of drug-likeness (QED) is 0.413. The Morgan fingerprint density at radius 2 is 1.81 bits per heavy atom. The third-order valence-electron chi connectivity index (χ3n) is 5.11. The Kier molecular flexibility index (Phi) is 9.15. The van der Waals surface area contributed by atoms with Gasteiger partial charge in [0.25, 0.3) is 0 Å². The van der Waals surface area contributed by atoms with E-state index < -0.39 is 0 Å². The molecule has 1 amide bonds. The molecule has 0 saturated carbocycles. The minimum Gasteiger partial charge on any atom is -0.490 e. The van der Waals surface area contributed by atoms with Gasteiger partial charge in [-0.3, -0.25) is 4.79 Å². The fourth-order valence-electron chi connectivity index (χ4n) is 3.47. The molecule has 1 N–H and O–H groups in total. The normalized spacial score (nSPS) is 13.7. The van der Waals surface area contributed by atoms with Gasteiger partial charge in [0.05, 0.1) is 6.61 Å². The molecule has 1 saturated heterocycles. The molecular formula is C23H27Cl3N2O3. The van der Waals surface area contributed by atoms with E-state index in [0.29, 0.717) is 51.7 Å². The van der Waals surface area contributed by atoms with Crippen molar-refractivity contribution in [3.8, 4) is 11.5 Å². The van der Waals surface area contributed by atoms with E-state index in [1.165, 1.54) is 0 Å². The number of amides is 1. The van der Waals surface area contributed by atoms with Gasteiger partial charge in [-0.25, -0.2) is 0 Å². The lowest BCUT2D eigenvalue weighted by Gasteiger charge is -2.17. The molecule has 168 valence electrons. The minimum absolute atomic E-state index is 0.210. The van der Waals surface area contributed by atoms with Crippen LogP contribution >= 0.6 is 34.8 Å². The summed E-state index contributed by atoms with van der Waals surface area (Å²) in [7, 11) is 0. The molecule has 0 atom stereocenters. The van der Waals surface area contributed by atoms with Crippen molar-refractivity contribution in [2.75, 3.05) is 26.2 Å². The van der Waals surface area contributed by atoms with Crippen LogP contribution in [0.4, 0.5) is 0 Å². The monoisotopic (exact) mass is 484 g/mol. The highest BCUT2D eigenvalue weighted by Gasteiger charge is 2.19. The number of likely N-dealkylation sites (tertiary alicyclic amines) is 1. The minimum atomic E-state index is 0.210. The Morgan fingerprint density at radius 3 is 2.48 bits per heavy atom. The first-order valence-corrected chi connectivity index (χ1v) is 11.6. The lowest BCUT2D eigenvalue weighted by Crippen LogP contribution is -2.28. The Labute approximate surface area is 198 Å². The number of nitrogens with one attached hydrogen (secondary N) is 1. The second-order valence-corrected chi connectivity index (χ2v) is 8.55. The van der Waals surface area contributed by atoms with E-state index in [4.69, 9.17) is 44.3 Å². The van der Waals surface area contributed by atoms with Crippen molar-refractivity contribution in [3.05, 3.63) is 56.5 Å². The van der Waals surface area contributed by atoms with Gasteiger partial charge in [-0.15, -0.1) is 0 Å². The van der Waals surface area contributed by atoms with Crippen LogP contribution in [-0.4, -0.2) is 37.0 Å². The van der Waals surface area contributed by atoms with Gasteiger partial charge in [0.15, 0.2) is 11.5 Å². The van der Waals surface area contributed by atoms with Gasteiger partial charge in [0.1, 0.15) is 6.61 Å². The molecule has 0 unspecified atom stereocenters. The summed E-state index contributed by atoms with van der Waals surface area (Å²) in [6.45, 7) is 5.70. The van der Waals surface area contributed by atoms with Crippen molar-refractivity contribution in [3.63, 3.8) is 0 Å². The molecule has 0 radical (unpaired) electrons. The average molecular weight is 486 g/mol. The summed E-state index contributed by atoms with van der Waals surface area (Å²) < 4.78 is 11.7. The molecule has 0 bridgehead atoms. The molecule has 1 aliphatic rings. The van der Waals surface area contributed by atoms with Crippen molar-refractivity contribution in [1.29, 1.82) is 0 Å². The van der Waals surface area contributed by atoms with Gasteiger partial charge in [0, 0.05) is 52.8 Å². The third-order valence-corrected chi connectivity index (χ3v) is 6.17. The summed E-state index contributed by atoms with van der Waals surface area (Å²) in [6.07, 6.45) is 2.56. The number of hydrogen-bond acceptors (Lipinski definition) is 4. The lowest BCUT2D eigenvalue weighted by atomic mass is 10.2. The summed E-state index contributed by atoms with van der Waals surface area (Å²) in [5.74, 6) is 1.42. The lowest BCUT2D eigenvalue weighted by molar-refractivity contribution is -0.127. The molecule has 31 heavy (non-hydrogen) atoms. The highest BCUT2D eigenvalue weighted by atomic mass is 35.5. The maximum Gasteiger partial charge on any atom is 0.222 e. The summed E-state index contributed by atoms with van der Waals surface area (Å²) in [5.41, 5.74) is 1.64. The van der Waals surface area contributed by atoms with E-state index in [1.54, 1.807) is 24.3 Å². The number of carbonyl (C=O) groups excluding carboxylic acids is 1. The predicted octanol–water partition coefficient (Wildman–Crippen LogP) is 5.73. The average Bonchev–Trinajstić information content (AvgIpc) is 3.15. The highest BCUT2D eigenvalue weighted by molar-refractivity contribution is 6.36. The van der Waals surface area contributed by atoms with Crippen LogP contribution in [0.25, 0.3) is 0 Å². The number of benzene rings is 2. The number of nitrogens with zero attached hydrogens (tertiary/aromatic N) is 1. The summed E-state index contributed by atoms with van der Waals surface area (Å²) >= 11 is 19.0. The van der Waals surface area contributed by atoms with Crippen molar-refractivity contribution < 1.29 is 14.3 Å². The first-order chi connectivity index (χ1) is 15.0. The van der Waals surface area contributed by atoms with Crippen LogP contribution in [0.2, 0.25) is 15.1 Å². The zero-order chi connectivity index (χ0) is 22.2. The van der Waals surface area contributed by atoms with Crippen LogP contribution in [0.1, 0.15) is 37.3 Å². The Morgan fingerprint density at radius 1 is 1.06 bits per heavy atom. The van der Waals surface area contributed by atoms with E-state index in [9.17, 15) is 4.79 Å². The van der Waals surface area contributed by atoms with E-state index >= 15 is 0 Å². The van der Waals surface area contributed by atoms with Gasteiger partial charge in [-0.1, -0.05) is 40.9 Å². The van der Waals surface area contributed by atoms with Crippen LogP contribution < -0.4 is 14.8 Å². The summed E-state index contributed by atoms with van der Waals surface area (Å²) in [6, 6.07) is 9.00.